The molecule has 2 aromatic carbocycles. The van der Waals surface area contributed by atoms with E-state index < -0.39 is 0 Å². The molecule has 0 saturated carbocycles. The van der Waals surface area contributed by atoms with Crippen molar-refractivity contribution in [2.75, 3.05) is 31.7 Å². The van der Waals surface area contributed by atoms with Gasteiger partial charge in [0.1, 0.15) is 16.8 Å². The van der Waals surface area contributed by atoms with Crippen LogP contribution in [-0.2, 0) is 11.3 Å². The molecule has 0 radical (unpaired) electrons. The highest BCUT2D eigenvalue weighted by Gasteiger charge is 2.37. The summed E-state index contributed by atoms with van der Waals surface area (Å²) in [5.41, 5.74) is 5.70. The number of piperazine rings is 1. The molecule has 4 atom stereocenters. The van der Waals surface area contributed by atoms with E-state index in [-0.39, 0.29) is 29.9 Å². The lowest BCUT2D eigenvalue weighted by Gasteiger charge is -2.48. The zero-order valence-corrected chi connectivity index (χ0v) is 26.5. The van der Waals surface area contributed by atoms with Crippen molar-refractivity contribution < 1.29 is 9.47 Å². The zero-order chi connectivity index (χ0) is 31.1. The number of anilines is 1. The highest BCUT2D eigenvalue weighted by Crippen LogP contribution is 2.37. The van der Waals surface area contributed by atoms with Crippen molar-refractivity contribution in [2.24, 2.45) is 0 Å². The Morgan fingerprint density at radius 1 is 0.933 bits per heavy atom. The maximum Gasteiger partial charge on any atom is 0.251 e. The third kappa shape index (κ3) is 5.57. The third-order valence-corrected chi connectivity index (χ3v) is 9.51. The standard InChI is InChI=1S/C35H41N7O3/c1-23-21-40(24(2)20-39(23)25(3)27-10-13-29-31(19-27)37-17-16-36-29)35-34-30(38-42(35)33-7-5-6-18-45-33)14-15-32(43)41(34)22-26-8-11-28(44-4)12-9-26/h8-17,19,23-25,33H,5-7,18,20-22H2,1-4H3/t23-,24+,25-,33?/m1/s1. The fraction of sp³-hybridized carbons (Fsp3) is 0.429. The molecule has 1 unspecified atom stereocenters. The zero-order valence-electron chi connectivity index (χ0n) is 26.5. The Morgan fingerprint density at radius 2 is 1.71 bits per heavy atom. The van der Waals surface area contributed by atoms with Crippen LogP contribution in [-0.4, -0.2) is 68.1 Å². The summed E-state index contributed by atoms with van der Waals surface area (Å²) in [6.45, 7) is 9.64. The topological polar surface area (TPSA) is 90.5 Å². The molecule has 0 spiro atoms. The molecule has 2 aliphatic heterocycles. The van der Waals surface area contributed by atoms with Crippen molar-refractivity contribution in [1.29, 1.82) is 0 Å². The van der Waals surface area contributed by atoms with Crippen molar-refractivity contribution in [3.63, 3.8) is 0 Å². The molecular weight excluding hydrogens is 566 g/mol. The van der Waals surface area contributed by atoms with E-state index in [4.69, 9.17) is 14.6 Å². The van der Waals surface area contributed by atoms with Gasteiger partial charge in [-0.2, -0.15) is 5.10 Å². The number of ether oxygens (including phenoxy) is 2. The molecule has 2 saturated heterocycles. The molecule has 10 heteroatoms. The van der Waals surface area contributed by atoms with Crippen LogP contribution in [0.25, 0.3) is 22.1 Å². The van der Waals surface area contributed by atoms with Gasteiger partial charge in [0, 0.05) is 56.3 Å². The van der Waals surface area contributed by atoms with Gasteiger partial charge in [0.15, 0.2) is 12.0 Å². The van der Waals surface area contributed by atoms with Crippen molar-refractivity contribution in [3.8, 4) is 5.75 Å². The summed E-state index contributed by atoms with van der Waals surface area (Å²) in [5, 5.41) is 5.12. The number of benzene rings is 2. The Bertz CT molecular complexity index is 1860. The number of nitrogens with zero attached hydrogens (tertiary/aromatic N) is 7. The minimum Gasteiger partial charge on any atom is -0.497 e. The molecule has 0 N–H and O–H groups in total. The monoisotopic (exact) mass is 607 g/mol. The van der Waals surface area contributed by atoms with Gasteiger partial charge in [-0.3, -0.25) is 24.2 Å². The largest absolute Gasteiger partial charge is 0.497 e. The van der Waals surface area contributed by atoms with Crippen LogP contribution >= 0.6 is 0 Å². The Morgan fingerprint density at radius 3 is 2.47 bits per heavy atom. The van der Waals surface area contributed by atoms with Crippen LogP contribution in [0.5, 0.6) is 5.75 Å². The molecule has 3 aromatic heterocycles. The predicted molar refractivity (Wildman–Crippen MR) is 176 cm³/mol. The lowest BCUT2D eigenvalue weighted by Crippen LogP contribution is -2.57. The maximum absolute atomic E-state index is 13.6. The van der Waals surface area contributed by atoms with Crippen LogP contribution in [0.3, 0.4) is 0 Å². The van der Waals surface area contributed by atoms with E-state index in [1.54, 1.807) is 25.6 Å². The predicted octanol–water partition coefficient (Wildman–Crippen LogP) is 5.56. The SMILES string of the molecule is COc1ccc(Cn2c(=O)ccc3nn(C4CCCCO4)c(N4C[C@@H](C)N([C@H](C)c5ccc6nccnc6c5)C[C@@H]4C)c32)cc1. The molecule has 2 aliphatic rings. The second-order valence-corrected chi connectivity index (χ2v) is 12.5. The molecule has 5 heterocycles. The first-order valence-electron chi connectivity index (χ1n) is 16.0. The van der Waals surface area contributed by atoms with Crippen molar-refractivity contribution in [2.45, 2.75) is 70.9 Å². The fourth-order valence-electron chi connectivity index (χ4n) is 7.03. The first-order valence-corrected chi connectivity index (χ1v) is 16.0. The van der Waals surface area contributed by atoms with Gasteiger partial charge < -0.3 is 14.4 Å². The molecule has 2 fully saturated rings. The molecular formula is C35H41N7O3. The molecule has 10 nitrogen and oxygen atoms in total. The van der Waals surface area contributed by atoms with Crippen molar-refractivity contribution in [1.82, 2.24) is 29.2 Å². The highest BCUT2D eigenvalue weighted by atomic mass is 16.5. The maximum atomic E-state index is 13.6. The molecule has 5 aromatic rings. The first-order chi connectivity index (χ1) is 21.9. The van der Waals surface area contributed by atoms with E-state index in [0.29, 0.717) is 13.2 Å². The van der Waals surface area contributed by atoms with Crippen LogP contribution in [0.15, 0.2) is 71.8 Å². The van der Waals surface area contributed by atoms with Crippen LogP contribution in [0.4, 0.5) is 5.82 Å². The van der Waals surface area contributed by atoms with Crippen LogP contribution in [0.1, 0.15) is 63.4 Å². The number of fused-ring (bicyclic) bond motifs is 2. The second-order valence-electron chi connectivity index (χ2n) is 12.5. The average molecular weight is 608 g/mol. The summed E-state index contributed by atoms with van der Waals surface area (Å²) in [4.78, 5) is 27.6. The fourth-order valence-corrected chi connectivity index (χ4v) is 7.03. The molecule has 0 aliphatic carbocycles. The summed E-state index contributed by atoms with van der Waals surface area (Å²) in [6.07, 6.45) is 6.36. The quantitative estimate of drug-likeness (QED) is 0.238. The second kappa shape index (κ2) is 12.3. The van der Waals surface area contributed by atoms with Gasteiger partial charge in [-0.25, -0.2) is 4.68 Å². The van der Waals surface area contributed by atoms with Gasteiger partial charge in [-0.1, -0.05) is 18.2 Å². The lowest BCUT2D eigenvalue weighted by atomic mass is 10.00. The molecule has 0 bridgehead atoms. The Labute approximate surface area is 263 Å². The number of methoxy groups -OCH3 is 1. The van der Waals surface area contributed by atoms with Crippen LogP contribution < -0.4 is 15.2 Å². The van der Waals surface area contributed by atoms with Crippen LogP contribution in [0, 0.1) is 0 Å². The van der Waals surface area contributed by atoms with E-state index in [1.807, 2.05) is 34.9 Å². The molecule has 234 valence electrons. The molecule has 0 amide bonds. The number of aromatic nitrogens is 5. The van der Waals surface area contributed by atoms with Gasteiger partial charge >= 0.3 is 0 Å². The summed E-state index contributed by atoms with van der Waals surface area (Å²) in [7, 11) is 1.66. The Hall–Kier alpha value is -4.28. The van der Waals surface area contributed by atoms with E-state index in [0.717, 1.165) is 71.5 Å². The van der Waals surface area contributed by atoms with Crippen molar-refractivity contribution >= 4 is 27.9 Å². The third-order valence-electron chi connectivity index (χ3n) is 9.51. The van der Waals surface area contributed by atoms with Gasteiger partial charge in [0.25, 0.3) is 5.56 Å². The molecule has 7 rings (SSSR count). The van der Waals surface area contributed by atoms with Crippen molar-refractivity contribution in [3.05, 3.63) is 88.5 Å². The van der Waals surface area contributed by atoms with Gasteiger partial charge in [0.2, 0.25) is 0 Å². The summed E-state index contributed by atoms with van der Waals surface area (Å²) in [6, 6.07) is 18.4. The Kier molecular flexibility index (Phi) is 8.01. The first kappa shape index (κ1) is 29.4. The average Bonchev–Trinajstić information content (AvgIpc) is 3.46. The van der Waals surface area contributed by atoms with Gasteiger partial charge in [-0.15, -0.1) is 0 Å². The number of hydrogen-bond acceptors (Lipinski definition) is 8. The number of rotatable bonds is 7. The Balaban J connectivity index is 1.27. The van der Waals surface area contributed by atoms with E-state index in [9.17, 15) is 4.79 Å². The van der Waals surface area contributed by atoms with E-state index >= 15 is 0 Å². The minimum atomic E-state index is -0.163. The molecule has 45 heavy (non-hydrogen) atoms. The van der Waals surface area contributed by atoms with Gasteiger partial charge in [-0.05, 0) is 81.5 Å². The summed E-state index contributed by atoms with van der Waals surface area (Å²) in [5.74, 6) is 1.76. The number of pyridine rings is 1. The smallest absolute Gasteiger partial charge is 0.251 e. The highest BCUT2D eigenvalue weighted by molar-refractivity contribution is 5.88. The van der Waals surface area contributed by atoms with Gasteiger partial charge in [0.05, 0.1) is 24.7 Å². The lowest BCUT2D eigenvalue weighted by molar-refractivity contribution is -0.0386. The number of hydrogen-bond donors (Lipinski definition) is 0. The minimum absolute atomic E-state index is 0.0453. The summed E-state index contributed by atoms with van der Waals surface area (Å²) >= 11 is 0. The summed E-state index contributed by atoms with van der Waals surface area (Å²) < 4.78 is 15.6. The van der Waals surface area contributed by atoms with Crippen LogP contribution in [0.2, 0.25) is 0 Å². The van der Waals surface area contributed by atoms with E-state index in [1.165, 1.54) is 5.56 Å². The normalized spacial score (nSPS) is 21.8. The van der Waals surface area contributed by atoms with E-state index in [2.05, 4.69) is 63.4 Å².